The van der Waals surface area contributed by atoms with Crippen molar-refractivity contribution in [1.29, 1.82) is 0 Å². The highest BCUT2D eigenvalue weighted by Crippen LogP contribution is 2.27. The fraction of sp³-hybridized carbons (Fsp3) is 1.00. The molecule has 0 amide bonds. The Bertz CT molecular complexity index is 155. The molecule has 0 aliphatic heterocycles. The van der Waals surface area contributed by atoms with E-state index in [1.54, 1.807) is 0 Å². The van der Waals surface area contributed by atoms with Crippen LogP contribution in [-0.2, 0) is 0 Å². The molecule has 2 nitrogen and oxygen atoms in total. The second-order valence-corrected chi connectivity index (χ2v) is 5.18. The molecular formula is C14H30N2. The van der Waals surface area contributed by atoms with Gasteiger partial charge in [-0.15, -0.1) is 0 Å². The predicted molar refractivity (Wildman–Crippen MR) is 71.6 cm³/mol. The third-order valence-electron chi connectivity index (χ3n) is 3.51. The first-order valence-electron chi connectivity index (χ1n) is 7.32. The van der Waals surface area contributed by atoms with Crippen LogP contribution in [0.1, 0.15) is 64.7 Å². The van der Waals surface area contributed by atoms with Crippen molar-refractivity contribution < 1.29 is 0 Å². The Hall–Kier alpha value is -0.0800. The fourth-order valence-corrected chi connectivity index (χ4v) is 2.27. The number of hydrogen-bond donors (Lipinski definition) is 1. The first-order valence-corrected chi connectivity index (χ1v) is 7.32. The van der Waals surface area contributed by atoms with Gasteiger partial charge in [0.1, 0.15) is 0 Å². The largest absolute Gasteiger partial charge is 0.330 e. The van der Waals surface area contributed by atoms with Crippen LogP contribution < -0.4 is 5.73 Å². The average molecular weight is 226 g/mol. The van der Waals surface area contributed by atoms with Gasteiger partial charge in [-0.25, -0.2) is 0 Å². The highest BCUT2D eigenvalue weighted by Gasteiger charge is 2.27. The van der Waals surface area contributed by atoms with Crippen LogP contribution in [0.25, 0.3) is 0 Å². The molecule has 0 saturated heterocycles. The summed E-state index contributed by atoms with van der Waals surface area (Å²) in [7, 11) is 0. The molecule has 2 N–H and O–H groups in total. The molecule has 96 valence electrons. The first-order chi connectivity index (χ1) is 7.88. The molecule has 0 unspecified atom stereocenters. The molecular weight excluding hydrogens is 196 g/mol. The number of nitrogens with zero attached hydrogens (tertiary/aromatic N) is 1. The van der Waals surface area contributed by atoms with E-state index in [1.165, 1.54) is 70.9 Å². The van der Waals surface area contributed by atoms with Crippen molar-refractivity contribution in [2.45, 2.75) is 70.8 Å². The SMILES string of the molecule is CCCCN(CCCCCCCN)C1CC1. The van der Waals surface area contributed by atoms with E-state index in [4.69, 9.17) is 5.73 Å². The van der Waals surface area contributed by atoms with E-state index in [2.05, 4.69) is 11.8 Å². The number of unbranched alkanes of at least 4 members (excludes halogenated alkanes) is 5. The highest BCUT2D eigenvalue weighted by molar-refractivity contribution is 4.84. The van der Waals surface area contributed by atoms with Crippen LogP contribution in [0, 0.1) is 0 Å². The Kier molecular flexibility index (Phi) is 7.87. The smallest absolute Gasteiger partial charge is 0.00964 e. The summed E-state index contributed by atoms with van der Waals surface area (Å²) in [6.45, 7) is 5.83. The van der Waals surface area contributed by atoms with Crippen LogP contribution in [-0.4, -0.2) is 30.6 Å². The van der Waals surface area contributed by atoms with Crippen molar-refractivity contribution in [2.75, 3.05) is 19.6 Å². The van der Waals surface area contributed by atoms with E-state index in [1.807, 2.05) is 0 Å². The summed E-state index contributed by atoms with van der Waals surface area (Å²) in [5, 5.41) is 0. The van der Waals surface area contributed by atoms with Crippen LogP contribution in [0.4, 0.5) is 0 Å². The van der Waals surface area contributed by atoms with Crippen LogP contribution in [0.3, 0.4) is 0 Å². The lowest BCUT2D eigenvalue weighted by Gasteiger charge is -2.21. The Labute approximate surface area is 102 Å². The lowest BCUT2D eigenvalue weighted by atomic mass is 10.1. The molecule has 0 aromatic heterocycles. The average Bonchev–Trinajstić information content (AvgIpc) is 3.11. The zero-order valence-corrected chi connectivity index (χ0v) is 11.1. The summed E-state index contributed by atoms with van der Waals surface area (Å²) in [6.07, 6.45) is 12.3. The van der Waals surface area contributed by atoms with Crippen LogP contribution in [0.2, 0.25) is 0 Å². The monoisotopic (exact) mass is 226 g/mol. The van der Waals surface area contributed by atoms with Gasteiger partial charge in [0.25, 0.3) is 0 Å². The van der Waals surface area contributed by atoms with Crippen molar-refractivity contribution in [2.24, 2.45) is 5.73 Å². The normalized spacial score (nSPS) is 15.9. The molecule has 0 aromatic rings. The van der Waals surface area contributed by atoms with E-state index in [9.17, 15) is 0 Å². The second-order valence-electron chi connectivity index (χ2n) is 5.18. The maximum Gasteiger partial charge on any atom is 0.00964 e. The van der Waals surface area contributed by atoms with E-state index in [0.29, 0.717) is 0 Å². The molecule has 0 atom stereocenters. The summed E-state index contributed by atoms with van der Waals surface area (Å²) in [5.41, 5.74) is 5.49. The van der Waals surface area contributed by atoms with Gasteiger partial charge in [-0.05, 0) is 51.7 Å². The summed E-state index contributed by atoms with van der Waals surface area (Å²) < 4.78 is 0. The van der Waals surface area contributed by atoms with Crippen LogP contribution in [0.5, 0.6) is 0 Å². The van der Waals surface area contributed by atoms with Crippen molar-refractivity contribution in [3.8, 4) is 0 Å². The molecule has 16 heavy (non-hydrogen) atoms. The minimum atomic E-state index is 0.866. The van der Waals surface area contributed by atoms with Crippen molar-refractivity contribution in [3.63, 3.8) is 0 Å². The fourth-order valence-electron chi connectivity index (χ4n) is 2.27. The minimum Gasteiger partial charge on any atom is -0.330 e. The first kappa shape index (κ1) is 14.0. The Morgan fingerprint density at radius 1 is 0.938 bits per heavy atom. The summed E-state index contributed by atoms with van der Waals surface area (Å²) >= 11 is 0. The van der Waals surface area contributed by atoms with E-state index < -0.39 is 0 Å². The van der Waals surface area contributed by atoms with Gasteiger partial charge >= 0.3 is 0 Å². The molecule has 0 bridgehead atoms. The van der Waals surface area contributed by atoms with E-state index >= 15 is 0 Å². The quantitative estimate of drug-likeness (QED) is 0.548. The Morgan fingerprint density at radius 3 is 2.19 bits per heavy atom. The van der Waals surface area contributed by atoms with Gasteiger partial charge in [0.15, 0.2) is 0 Å². The third-order valence-corrected chi connectivity index (χ3v) is 3.51. The van der Waals surface area contributed by atoms with Gasteiger partial charge in [0.05, 0.1) is 0 Å². The van der Waals surface area contributed by atoms with Crippen molar-refractivity contribution in [3.05, 3.63) is 0 Å². The molecule has 0 radical (unpaired) electrons. The van der Waals surface area contributed by atoms with Gasteiger partial charge in [0, 0.05) is 6.04 Å². The summed E-state index contributed by atoms with van der Waals surface area (Å²) in [6, 6.07) is 0.954. The molecule has 0 heterocycles. The molecule has 1 rings (SSSR count). The lowest BCUT2D eigenvalue weighted by molar-refractivity contribution is 0.253. The minimum absolute atomic E-state index is 0.866. The van der Waals surface area contributed by atoms with Gasteiger partial charge in [-0.3, -0.25) is 0 Å². The zero-order chi connectivity index (χ0) is 11.6. The van der Waals surface area contributed by atoms with E-state index in [0.717, 1.165) is 12.6 Å². The molecule has 2 heteroatoms. The second kappa shape index (κ2) is 9.00. The molecule has 1 saturated carbocycles. The zero-order valence-electron chi connectivity index (χ0n) is 11.1. The Morgan fingerprint density at radius 2 is 1.56 bits per heavy atom. The summed E-state index contributed by atoms with van der Waals surface area (Å²) in [4.78, 5) is 2.73. The van der Waals surface area contributed by atoms with E-state index in [-0.39, 0.29) is 0 Å². The summed E-state index contributed by atoms with van der Waals surface area (Å²) in [5.74, 6) is 0. The standard InChI is InChI=1S/C14H30N2/c1-2-3-12-16(14-9-10-14)13-8-6-4-5-7-11-15/h14H,2-13,15H2,1H3. The van der Waals surface area contributed by atoms with Crippen molar-refractivity contribution in [1.82, 2.24) is 4.90 Å². The van der Waals surface area contributed by atoms with Crippen LogP contribution >= 0.6 is 0 Å². The number of hydrogen-bond acceptors (Lipinski definition) is 2. The third kappa shape index (κ3) is 6.49. The van der Waals surface area contributed by atoms with Gasteiger partial charge in [0.2, 0.25) is 0 Å². The topological polar surface area (TPSA) is 29.3 Å². The maximum absolute atomic E-state index is 5.49. The van der Waals surface area contributed by atoms with Gasteiger partial charge in [-0.2, -0.15) is 0 Å². The molecule has 1 aliphatic carbocycles. The number of rotatable bonds is 11. The lowest BCUT2D eigenvalue weighted by Crippen LogP contribution is -2.28. The highest BCUT2D eigenvalue weighted by atomic mass is 15.2. The number of nitrogens with two attached hydrogens (primary N) is 1. The van der Waals surface area contributed by atoms with Gasteiger partial charge < -0.3 is 10.6 Å². The van der Waals surface area contributed by atoms with Crippen molar-refractivity contribution >= 4 is 0 Å². The molecule has 1 aliphatic rings. The Balaban J connectivity index is 1.95. The maximum atomic E-state index is 5.49. The predicted octanol–water partition coefficient (Wildman–Crippen LogP) is 3.16. The molecule has 0 aromatic carbocycles. The van der Waals surface area contributed by atoms with Gasteiger partial charge in [-0.1, -0.05) is 32.6 Å². The molecule has 1 fully saturated rings. The molecule has 0 spiro atoms. The van der Waals surface area contributed by atoms with Crippen LogP contribution in [0.15, 0.2) is 0 Å².